The van der Waals surface area contributed by atoms with E-state index in [1.165, 1.54) is 5.39 Å². The van der Waals surface area contributed by atoms with Crippen molar-refractivity contribution in [1.29, 1.82) is 0 Å². The number of para-hydroxylation sites is 4. The molecule has 294 valence electrons. The number of hydrogen-bond acceptors (Lipinski definition) is 5. The minimum Gasteiger partial charge on any atom is -0.435 e. The number of benzene rings is 9. The number of aromatic nitrogens is 6. The van der Waals surface area contributed by atoms with Crippen LogP contribution in [0.15, 0.2) is 211 Å². The molecule has 0 spiro atoms. The van der Waals surface area contributed by atoms with Crippen LogP contribution in [0.25, 0.3) is 122 Å². The summed E-state index contributed by atoms with van der Waals surface area (Å²) in [5.41, 5.74) is 11.5. The molecule has 0 amide bonds. The Morgan fingerprint density at radius 2 is 0.857 bits per heavy atom. The monoisotopic (exact) mass is 806 g/mol. The Morgan fingerprint density at radius 1 is 0.333 bits per heavy atom. The summed E-state index contributed by atoms with van der Waals surface area (Å²) >= 11 is 0. The van der Waals surface area contributed by atoms with Crippen LogP contribution < -0.4 is 0 Å². The van der Waals surface area contributed by atoms with E-state index in [-0.39, 0.29) is 0 Å². The Kier molecular flexibility index (Phi) is 7.77. The Labute approximate surface area is 360 Å². The average molecular weight is 807 g/mol. The van der Waals surface area contributed by atoms with E-state index in [4.69, 9.17) is 24.4 Å². The predicted molar refractivity (Wildman–Crippen MR) is 255 cm³/mol. The van der Waals surface area contributed by atoms with Gasteiger partial charge >= 0.3 is 0 Å². The molecule has 9 aromatic carbocycles. The third-order valence-electron chi connectivity index (χ3n) is 12.2. The molecule has 13 rings (SSSR count). The lowest BCUT2D eigenvalue weighted by atomic mass is 9.97. The molecule has 0 saturated heterocycles. The summed E-state index contributed by atoms with van der Waals surface area (Å²) in [6.45, 7) is 0. The van der Waals surface area contributed by atoms with Gasteiger partial charge in [-0.05, 0) is 72.1 Å². The SMILES string of the molecule is c1ccc(-c2nc(-c3ccc4c5ccccc5n(-c5ccccc5)c4c3)nc(-c3cc4c(c5ccccc5n4-c4ccccc4)c4c3ccc3nc(-c5ccccc5)oc34)n2)cc1. The summed E-state index contributed by atoms with van der Waals surface area (Å²) in [5.74, 6) is 2.29. The molecule has 0 fully saturated rings. The molecule has 7 nitrogen and oxygen atoms in total. The Bertz CT molecular complexity index is 3890. The van der Waals surface area contributed by atoms with Crippen molar-refractivity contribution in [1.82, 2.24) is 29.1 Å². The van der Waals surface area contributed by atoms with E-state index in [0.29, 0.717) is 28.9 Å². The van der Waals surface area contributed by atoms with Crippen molar-refractivity contribution in [2.75, 3.05) is 0 Å². The topological polar surface area (TPSA) is 74.6 Å². The molecule has 0 aliphatic rings. The van der Waals surface area contributed by atoms with E-state index in [1.54, 1.807) is 0 Å². The zero-order chi connectivity index (χ0) is 41.4. The Hall–Kier alpha value is -8.68. The highest BCUT2D eigenvalue weighted by Crippen LogP contribution is 2.45. The minimum atomic E-state index is 0.557. The van der Waals surface area contributed by atoms with Crippen LogP contribution in [-0.2, 0) is 0 Å². The van der Waals surface area contributed by atoms with Gasteiger partial charge in [-0.2, -0.15) is 0 Å². The van der Waals surface area contributed by atoms with Gasteiger partial charge in [0.2, 0.25) is 5.89 Å². The molecule has 0 saturated carbocycles. The van der Waals surface area contributed by atoms with Gasteiger partial charge in [0.05, 0.1) is 22.1 Å². The van der Waals surface area contributed by atoms with E-state index in [9.17, 15) is 0 Å². The van der Waals surface area contributed by atoms with Gasteiger partial charge < -0.3 is 13.6 Å². The molecule has 0 bridgehead atoms. The predicted octanol–water partition coefficient (Wildman–Crippen LogP) is 14.0. The lowest BCUT2D eigenvalue weighted by Gasteiger charge is -2.13. The minimum absolute atomic E-state index is 0.557. The molecule has 0 radical (unpaired) electrons. The molecule has 0 aliphatic heterocycles. The number of oxazole rings is 1. The van der Waals surface area contributed by atoms with Crippen molar-refractivity contribution in [3.63, 3.8) is 0 Å². The molecule has 63 heavy (non-hydrogen) atoms. The summed E-state index contributed by atoms with van der Waals surface area (Å²) in [6.07, 6.45) is 0. The van der Waals surface area contributed by atoms with E-state index in [0.717, 1.165) is 88.1 Å². The highest BCUT2D eigenvalue weighted by atomic mass is 16.3. The number of hydrogen-bond donors (Lipinski definition) is 0. The molecule has 0 aliphatic carbocycles. The van der Waals surface area contributed by atoms with Crippen LogP contribution in [0.5, 0.6) is 0 Å². The van der Waals surface area contributed by atoms with Gasteiger partial charge in [0, 0.05) is 60.6 Å². The first-order valence-corrected chi connectivity index (χ1v) is 21.1. The maximum Gasteiger partial charge on any atom is 0.227 e. The van der Waals surface area contributed by atoms with Crippen LogP contribution in [-0.4, -0.2) is 29.1 Å². The fourth-order valence-corrected chi connectivity index (χ4v) is 9.39. The summed E-state index contributed by atoms with van der Waals surface area (Å²) in [7, 11) is 0. The molecule has 0 unspecified atom stereocenters. The quantitative estimate of drug-likeness (QED) is 0.167. The Balaban J connectivity index is 1.13. The van der Waals surface area contributed by atoms with Crippen LogP contribution >= 0.6 is 0 Å². The fraction of sp³-hybridized carbons (Fsp3) is 0. The maximum absolute atomic E-state index is 6.85. The zero-order valence-corrected chi connectivity index (χ0v) is 33.7. The smallest absolute Gasteiger partial charge is 0.227 e. The average Bonchev–Trinajstić information content (AvgIpc) is 4.05. The molecule has 7 heteroatoms. The summed E-state index contributed by atoms with van der Waals surface area (Å²) in [5, 5.41) is 6.45. The van der Waals surface area contributed by atoms with Crippen molar-refractivity contribution in [3.8, 4) is 57.0 Å². The molecule has 4 aromatic heterocycles. The standard InChI is InChI=1S/C56H34N6O/c1-5-17-35(18-6-1)53-58-54(37-29-30-41-40-25-13-15-27-46(40)61(48(41)33-37)38-21-9-3-10-22-38)60-55(59-53)44-34-49-50(43-26-14-16-28-47(43)62(49)39-23-11-4-12-24-39)51-42(44)31-32-45-52(51)63-56(57-45)36-19-7-2-8-20-36/h1-34H. The van der Waals surface area contributed by atoms with Crippen molar-refractivity contribution >= 4 is 65.5 Å². The lowest BCUT2D eigenvalue weighted by Crippen LogP contribution is -2.01. The number of nitrogens with zero attached hydrogens (tertiary/aromatic N) is 6. The first-order chi connectivity index (χ1) is 31.2. The van der Waals surface area contributed by atoms with E-state index < -0.39 is 0 Å². The van der Waals surface area contributed by atoms with Gasteiger partial charge in [-0.15, -0.1) is 0 Å². The van der Waals surface area contributed by atoms with Gasteiger partial charge in [0.25, 0.3) is 0 Å². The van der Waals surface area contributed by atoms with Crippen LogP contribution in [0.2, 0.25) is 0 Å². The van der Waals surface area contributed by atoms with Crippen molar-refractivity contribution in [3.05, 3.63) is 206 Å². The van der Waals surface area contributed by atoms with Gasteiger partial charge in [-0.1, -0.05) is 140 Å². The first kappa shape index (κ1) is 35.1. The number of rotatable bonds is 6. The highest BCUT2D eigenvalue weighted by molar-refractivity contribution is 6.29. The van der Waals surface area contributed by atoms with Gasteiger partial charge in [0.1, 0.15) is 5.52 Å². The summed E-state index contributed by atoms with van der Waals surface area (Å²) in [4.78, 5) is 21.0. The normalized spacial score (nSPS) is 11.8. The van der Waals surface area contributed by atoms with E-state index in [1.807, 2.05) is 48.5 Å². The van der Waals surface area contributed by atoms with Crippen LogP contribution in [0, 0.1) is 0 Å². The fourth-order valence-electron chi connectivity index (χ4n) is 9.39. The summed E-state index contributed by atoms with van der Waals surface area (Å²) in [6, 6.07) is 71.4. The highest BCUT2D eigenvalue weighted by Gasteiger charge is 2.24. The van der Waals surface area contributed by atoms with E-state index in [2.05, 4.69) is 167 Å². The molecule has 4 heterocycles. The van der Waals surface area contributed by atoms with E-state index >= 15 is 0 Å². The first-order valence-electron chi connectivity index (χ1n) is 21.1. The number of fused-ring (bicyclic) bond motifs is 10. The molecular formula is C56H34N6O. The van der Waals surface area contributed by atoms with Gasteiger partial charge in [0.15, 0.2) is 23.1 Å². The third-order valence-corrected chi connectivity index (χ3v) is 12.2. The van der Waals surface area contributed by atoms with Crippen molar-refractivity contribution in [2.24, 2.45) is 0 Å². The largest absolute Gasteiger partial charge is 0.435 e. The Morgan fingerprint density at radius 3 is 1.56 bits per heavy atom. The third kappa shape index (κ3) is 5.53. The molecule has 0 atom stereocenters. The van der Waals surface area contributed by atoms with Crippen LogP contribution in [0.4, 0.5) is 0 Å². The molecule has 13 aromatic rings. The maximum atomic E-state index is 6.85. The van der Waals surface area contributed by atoms with Crippen molar-refractivity contribution in [2.45, 2.75) is 0 Å². The summed E-state index contributed by atoms with van der Waals surface area (Å²) < 4.78 is 11.5. The van der Waals surface area contributed by atoms with Crippen molar-refractivity contribution < 1.29 is 4.42 Å². The zero-order valence-electron chi connectivity index (χ0n) is 33.7. The second-order valence-corrected chi connectivity index (χ2v) is 15.8. The lowest BCUT2D eigenvalue weighted by molar-refractivity contribution is 0.623. The van der Waals surface area contributed by atoms with Gasteiger partial charge in [-0.25, -0.2) is 19.9 Å². The second kappa shape index (κ2) is 13.9. The van der Waals surface area contributed by atoms with Crippen LogP contribution in [0.3, 0.4) is 0 Å². The van der Waals surface area contributed by atoms with Crippen LogP contribution in [0.1, 0.15) is 0 Å². The van der Waals surface area contributed by atoms with Gasteiger partial charge in [-0.3, -0.25) is 0 Å². The second-order valence-electron chi connectivity index (χ2n) is 15.8. The molecular weight excluding hydrogens is 773 g/mol. The molecule has 0 N–H and O–H groups in total.